The normalized spacial score (nSPS) is 11.1. The molecule has 138 valence electrons. The number of benzene rings is 2. The fourth-order valence-corrected chi connectivity index (χ4v) is 3.13. The summed E-state index contributed by atoms with van der Waals surface area (Å²) in [6, 6.07) is 23.5. The van der Waals surface area contributed by atoms with Crippen molar-refractivity contribution >= 4 is 22.9 Å². The topological polar surface area (TPSA) is 46.3 Å². The Labute approximate surface area is 163 Å². The number of aromatic nitrogens is 1. The lowest BCUT2D eigenvalue weighted by Crippen LogP contribution is -2.28. The van der Waals surface area contributed by atoms with E-state index in [1.54, 1.807) is 23.4 Å². The number of para-hydroxylation sites is 1. The molecule has 0 fully saturated rings. The first-order chi connectivity index (χ1) is 13.8. The van der Waals surface area contributed by atoms with Crippen LogP contribution in [0.15, 0.2) is 95.7 Å². The number of hydrogen-bond acceptors (Lipinski definition) is 3. The molecule has 4 nitrogen and oxygen atoms in total. The molecule has 0 bridgehead atoms. The number of fused-ring (bicyclic) bond motifs is 1. The van der Waals surface area contributed by atoms with Crippen molar-refractivity contribution in [2.75, 3.05) is 0 Å². The summed E-state index contributed by atoms with van der Waals surface area (Å²) >= 11 is 0. The van der Waals surface area contributed by atoms with Gasteiger partial charge in [0.2, 0.25) is 5.91 Å². The number of carbonyl (C=O) groups is 1. The van der Waals surface area contributed by atoms with Crippen LogP contribution in [0, 0.1) is 0 Å². The van der Waals surface area contributed by atoms with Gasteiger partial charge in [0.05, 0.1) is 18.3 Å². The molecule has 0 atom stereocenters. The second kappa shape index (κ2) is 8.35. The predicted octanol–water partition coefficient (Wildman–Crippen LogP) is 5.07. The molecule has 0 saturated heterocycles. The van der Waals surface area contributed by atoms with Crippen LogP contribution in [0.2, 0.25) is 0 Å². The molecule has 1 amide bonds. The highest BCUT2D eigenvalue weighted by molar-refractivity contribution is 5.95. The second-order valence-corrected chi connectivity index (χ2v) is 6.51. The minimum atomic E-state index is -0.0758. The van der Waals surface area contributed by atoms with Gasteiger partial charge in [-0.3, -0.25) is 9.78 Å². The van der Waals surface area contributed by atoms with Crippen LogP contribution >= 0.6 is 0 Å². The molecule has 0 unspecified atom stereocenters. The first-order valence-electron chi connectivity index (χ1n) is 9.16. The summed E-state index contributed by atoms with van der Waals surface area (Å²) in [5.41, 5.74) is 2.88. The fourth-order valence-electron chi connectivity index (χ4n) is 3.13. The fraction of sp³-hybridized carbons (Fsp3) is 0.0833. The van der Waals surface area contributed by atoms with E-state index in [-0.39, 0.29) is 5.91 Å². The molecule has 2 aromatic carbocycles. The van der Waals surface area contributed by atoms with E-state index in [0.717, 1.165) is 27.8 Å². The Morgan fingerprint density at radius 2 is 1.79 bits per heavy atom. The van der Waals surface area contributed by atoms with Crippen LogP contribution in [0.3, 0.4) is 0 Å². The van der Waals surface area contributed by atoms with Crippen LogP contribution in [0.1, 0.15) is 16.9 Å². The lowest BCUT2D eigenvalue weighted by molar-refractivity contribution is -0.127. The largest absolute Gasteiger partial charge is 0.467 e. The summed E-state index contributed by atoms with van der Waals surface area (Å²) in [6.07, 6.45) is 6.82. The van der Waals surface area contributed by atoms with Crippen molar-refractivity contribution in [1.29, 1.82) is 0 Å². The van der Waals surface area contributed by atoms with Gasteiger partial charge in [-0.2, -0.15) is 0 Å². The monoisotopic (exact) mass is 368 g/mol. The van der Waals surface area contributed by atoms with Gasteiger partial charge >= 0.3 is 0 Å². The summed E-state index contributed by atoms with van der Waals surface area (Å²) in [5, 5.41) is 1.05. The molecule has 0 spiro atoms. The van der Waals surface area contributed by atoms with Crippen molar-refractivity contribution in [2.24, 2.45) is 0 Å². The quantitative estimate of drug-likeness (QED) is 0.446. The van der Waals surface area contributed by atoms with E-state index in [1.165, 1.54) is 0 Å². The summed E-state index contributed by atoms with van der Waals surface area (Å²) in [4.78, 5) is 19.2. The first-order valence-corrected chi connectivity index (χ1v) is 9.16. The Morgan fingerprint density at radius 1 is 0.929 bits per heavy atom. The second-order valence-electron chi connectivity index (χ2n) is 6.51. The van der Waals surface area contributed by atoms with Gasteiger partial charge in [0.1, 0.15) is 5.76 Å². The Morgan fingerprint density at radius 3 is 2.61 bits per heavy atom. The van der Waals surface area contributed by atoms with Gasteiger partial charge in [0.15, 0.2) is 0 Å². The number of amides is 1. The van der Waals surface area contributed by atoms with E-state index in [0.29, 0.717) is 13.1 Å². The Balaban J connectivity index is 1.58. The van der Waals surface area contributed by atoms with Crippen LogP contribution in [-0.4, -0.2) is 15.8 Å². The lowest BCUT2D eigenvalue weighted by atomic mass is 10.1. The van der Waals surface area contributed by atoms with Gasteiger partial charge in [-0.05, 0) is 29.8 Å². The Bertz CT molecular complexity index is 1080. The van der Waals surface area contributed by atoms with Crippen molar-refractivity contribution in [3.8, 4) is 0 Å². The summed E-state index contributed by atoms with van der Waals surface area (Å²) in [5.74, 6) is 0.678. The highest BCUT2D eigenvalue weighted by atomic mass is 16.3. The molecule has 0 aliphatic rings. The lowest BCUT2D eigenvalue weighted by Gasteiger charge is -2.20. The highest BCUT2D eigenvalue weighted by Crippen LogP contribution is 2.18. The van der Waals surface area contributed by atoms with Gasteiger partial charge in [-0.15, -0.1) is 0 Å². The number of furan rings is 1. The molecule has 4 rings (SSSR count). The standard InChI is InChI=1S/C24H20N2O2/c27-23(14-13-21-10-4-9-20-11-5-15-25-24(20)21)26(18-22-12-6-16-28-22)17-19-7-2-1-3-8-19/h1-16H,17-18H2/b14-13+. The van der Waals surface area contributed by atoms with Crippen molar-refractivity contribution in [1.82, 2.24) is 9.88 Å². The van der Waals surface area contributed by atoms with Gasteiger partial charge in [0.25, 0.3) is 0 Å². The van der Waals surface area contributed by atoms with Crippen molar-refractivity contribution in [2.45, 2.75) is 13.1 Å². The molecule has 0 radical (unpaired) electrons. The van der Waals surface area contributed by atoms with Gasteiger partial charge in [0, 0.05) is 29.8 Å². The molecule has 4 heteroatoms. The SMILES string of the molecule is O=C(/C=C/c1cccc2cccnc12)N(Cc1ccccc1)Cc1ccco1. The minimum Gasteiger partial charge on any atom is -0.467 e. The summed E-state index contributed by atoms with van der Waals surface area (Å²) < 4.78 is 5.44. The third-order valence-corrected chi connectivity index (χ3v) is 4.52. The molecule has 0 aliphatic heterocycles. The third kappa shape index (κ3) is 4.18. The molecule has 2 aromatic heterocycles. The Kier molecular flexibility index (Phi) is 5.29. The zero-order valence-electron chi connectivity index (χ0n) is 15.4. The summed E-state index contributed by atoms with van der Waals surface area (Å²) in [6.45, 7) is 0.928. The van der Waals surface area contributed by atoms with Gasteiger partial charge in [-0.1, -0.05) is 54.6 Å². The minimum absolute atomic E-state index is 0.0758. The number of hydrogen-bond donors (Lipinski definition) is 0. The highest BCUT2D eigenvalue weighted by Gasteiger charge is 2.14. The maximum Gasteiger partial charge on any atom is 0.247 e. The first kappa shape index (κ1) is 17.7. The molecule has 0 saturated carbocycles. The molecule has 0 N–H and O–H groups in total. The van der Waals surface area contributed by atoms with E-state index in [4.69, 9.17) is 4.42 Å². The molecular weight excluding hydrogens is 348 g/mol. The molecule has 0 aliphatic carbocycles. The zero-order valence-corrected chi connectivity index (χ0v) is 15.4. The van der Waals surface area contributed by atoms with E-state index >= 15 is 0 Å². The van der Waals surface area contributed by atoms with E-state index < -0.39 is 0 Å². The molecular formula is C24H20N2O2. The zero-order chi connectivity index (χ0) is 19.2. The van der Waals surface area contributed by atoms with Crippen molar-refractivity contribution < 1.29 is 9.21 Å². The number of nitrogens with zero attached hydrogens (tertiary/aromatic N) is 2. The third-order valence-electron chi connectivity index (χ3n) is 4.52. The molecule has 4 aromatic rings. The van der Waals surface area contributed by atoms with Gasteiger partial charge < -0.3 is 9.32 Å². The van der Waals surface area contributed by atoms with Crippen molar-refractivity contribution in [3.63, 3.8) is 0 Å². The van der Waals surface area contributed by atoms with E-state index in [2.05, 4.69) is 4.98 Å². The van der Waals surface area contributed by atoms with E-state index in [9.17, 15) is 4.79 Å². The van der Waals surface area contributed by atoms with Crippen LogP contribution in [0.25, 0.3) is 17.0 Å². The maximum atomic E-state index is 13.0. The summed E-state index contributed by atoms with van der Waals surface area (Å²) in [7, 11) is 0. The van der Waals surface area contributed by atoms with Crippen molar-refractivity contribution in [3.05, 3.63) is 108 Å². The molecule has 28 heavy (non-hydrogen) atoms. The van der Waals surface area contributed by atoms with E-state index in [1.807, 2.05) is 78.9 Å². The molecule has 2 heterocycles. The van der Waals surface area contributed by atoms with Crippen LogP contribution in [0.5, 0.6) is 0 Å². The number of rotatable bonds is 6. The Hall–Kier alpha value is -3.66. The van der Waals surface area contributed by atoms with Crippen LogP contribution in [0.4, 0.5) is 0 Å². The number of pyridine rings is 1. The predicted molar refractivity (Wildman–Crippen MR) is 110 cm³/mol. The van der Waals surface area contributed by atoms with Crippen LogP contribution in [-0.2, 0) is 17.9 Å². The smallest absolute Gasteiger partial charge is 0.247 e. The number of carbonyl (C=O) groups excluding carboxylic acids is 1. The average molecular weight is 368 g/mol. The maximum absolute atomic E-state index is 13.0. The van der Waals surface area contributed by atoms with Crippen LogP contribution < -0.4 is 0 Å². The average Bonchev–Trinajstić information content (AvgIpc) is 3.25. The van der Waals surface area contributed by atoms with Gasteiger partial charge in [-0.25, -0.2) is 0 Å².